The van der Waals surface area contributed by atoms with E-state index in [2.05, 4.69) is 5.16 Å². The molecule has 6 nitrogen and oxygen atoms in total. The molecule has 10 heteroatoms. The zero-order valence-electron chi connectivity index (χ0n) is 9.64. The molecule has 0 radical (unpaired) electrons. The van der Waals surface area contributed by atoms with Gasteiger partial charge in [0.05, 0.1) is 6.42 Å². The Labute approximate surface area is 110 Å². The van der Waals surface area contributed by atoms with Crippen LogP contribution in [0.5, 0.6) is 0 Å². The molecule has 108 valence electrons. The van der Waals surface area contributed by atoms with E-state index in [0.717, 1.165) is 4.72 Å². The summed E-state index contributed by atoms with van der Waals surface area (Å²) in [6.45, 7) is 0. The second-order valence-corrected chi connectivity index (χ2v) is 5.45. The van der Waals surface area contributed by atoms with Crippen molar-refractivity contribution in [3.8, 4) is 0 Å². The fraction of sp³-hybridized carbons (Fsp3) is 0.200. The minimum atomic E-state index is -5.71. The van der Waals surface area contributed by atoms with Gasteiger partial charge in [0.2, 0.25) is 5.91 Å². The van der Waals surface area contributed by atoms with Crippen molar-refractivity contribution in [3.63, 3.8) is 0 Å². The van der Waals surface area contributed by atoms with Crippen LogP contribution < -0.4 is 4.72 Å². The SMILES string of the molecule is O=C(Cc1noc2ccccc12)NS(=O)(=O)C(F)(F)F. The topological polar surface area (TPSA) is 89.3 Å². The Morgan fingerprint density at radius 1 is 1.30 bits per heavy atom. The van der Waals surface area contributed by atoms with Crippen molar-refractivity contribution in [3.05, 3.63) is 30.0 Å². The molecule has 2 aromatic rings. The van der Waals surface area contributed by atoms with Gasteiger partial charge >= 0.3 is 15.5 Å². The lowest BCUT2D eigenvalue weighted by molar-refractivity contribution is -0.119. The molecule has 1 heterocycles. The van der Waals surface area contributed by atoms with Crippen LogP contribution in [-0.4, -0.2) is 25.0 Å². The molecule has 0 spiro atoms. The lowest BCUT2D eigenvalue weighted by Gasteiger charge is -2.08. The number of aromatic nitrogens is 1. The number of nitrogens with one attached hydrogen (secondary N) is 1. The minimum Gasteiger partial charge on any atom is -0.356 e. The van der Waals surface area contributed by atoms with Crippen LogP contribution >= 0.6 is 0 Å². The molecule has 0 unspecified atom stereocenters. The molecule has 0 saturated carbocycles. The fourth-order valence-electron chi connectivity index (χ4n) is 1.46. The Kier molecular flexibility index (Phi) is 3.42. The van der Waals surface area contributed by atoms with Crippen molar-refractivity contribution in [2.75, 3.05) is 0 Å². The second-order valence-electron chi connectivity index (χ2n) is 3.78. The summed E-state index contributed by atoms with van der Waals surface area (Å²) in [5.41, 5.74) is -5.15. The molecule has 0 aliphatic rings. The van der Waals surface area contributed by atoms with E-state index < -0.39 is 27.9 Å². The number of amides is 1. The Morgan fingerprint density at radius 2 is 1.95 bits per heavy atom. The highest BCUT2D eigenvalue weighted by molar-refractivity contribution is 7.90. The summed E-state index contributed by atoms with van der Waals surface area (Å²) in [6, 6.07) is 6.36. The third kappa shape index (κ3) is 2.74. The molecule has 1 aromatic carbocycles. The highest BCUT2D eigenvalue weighted by atomic mass is 32.2. The van der Waals surface area contributed by atoms with E-state index in [0.29, 0.717) is 11.0 Å². The summed E-state index contributed by atoms with van der Waals surface area (Å²) in [7, 11) is -5.71. The number of carbonyl (C=O) groups is 1. The number of fused-ring (bicyclic) bond motifs is 1. The number of carbonyl (C=O) groups excluding carboxylic acids is 1. The number of rotatable bonds is 3. The molecule has 1 amide bonds. The quantitative estimate of drug-likeness (QED) is 0.924. The average Bonchev–Trinajstić information content (AvgIpc) is 2.70. The zero-order chi connectivity index (χ0) is 15.0. The van der Waals surface area contributed by atoms with E-state index in [1.165, 1.54) is 0 Å². The van der Waals surface area contributed by atoms with Crippen molar-refractivity contribution in [1.29, 1.82) is 0 Å². The number of hydrogen-bond donors (Lipinski definition) is 1. The van der Waals surface area contributed by atoms with Crippen molar-refractivity contribution in [2.24, 2.45) is 0 Å². The Bertz CT molecular complexity index is 751. The molecule has 0 atom stereocenters. The van der Waals surface area contributed by atoms with Crippen LogP contribution in [-0.2, 0) is 21.2 Å². The molecule has 1 aromatic heterocycles. The summed E-state index contributed by atoms with van der Waals surface area (Å²) in [5, 5.41) is 3.94. The molecular weight excluding hydrogens is 301 g/mol. The van der Waals surface area contributed by atoms with Gasteiger partial charge in [0.25, 0.3) is 0 Å². The highest BCUT2D eigenvalue weighted by Crippen LogP contribution is 2.22. The Morgan fingerprint density at radius 3 is 2.60 bits per heavy atom. The fourth-order valence-corrected chi connectivity index (χ4v) is 1.95. The lowest BCUT2D eigenvalue weighted by Crippen LogP contribution is -2.40. The molecule has 0 saturated heterocycles. The smallest absolute Gasteiger partial charge is 0.356 e. The van der Waals surface area contributed by atoms with Gasteiger partial charge in [0.15, 0.2) is 5.58 Å². The van der Waals surface area contributed by atoms with Gasteiger partial charge in [-0.3, -0.25) is 4.79 Å². The van der Waals surface area contributed by atoms with Crippen LogP contribution in [0.1, 0.15) is 5.69 Å². The highest BCUT2D eigenvalue weighted by Gasteiger charge is 2.47. The van der Waals surface area contributed by atoms with Crippen LogP contribution in [0.25, 0.3) is 11.0 Å². The van der Waals surface area contributed by atoms with Gasteiger partial charge in [-0.05, 0) is 12.1 Å². The van der Waals surface area contributed by atoms with Crippen molar-refractivity contribution < 1.29 is 30.9 Å². The van der Waals surface area contributed by atoms with Crippen LogP contribution in [0.3, 0.4) is 0 Å². The molecule has 20 heavy (non-hydrogen) atoms. The van der Waals surface area contributed by atoms with Gasteiger partial charge in [0.1, 0.15) is 5.69 Å². The number of halogens is 3. The maximum Gasteiger partial charge on any atom is 0.516 e. The standard InChI is InChI=1S/C10H7F3N2O4S/c11-10(12,13)20(17,18)15-9(16)5-7-6-3-1-2-4-8(6)19-14-7/h1-4H,5H2,(H,15,16). The number of sulfonamides is 1. The van der Waals surface area contributed by atoms with E-state index in [1.54, 1.807) is 24.3 Å². The van der Waals surface area contributed by atoms with Crippen molar-refractivity contribution >= 4 is 26.9 Å². The van der Waals surface area contributed by atoms with Gasteiger partial charge in [-0.1, -0.05) is 17.3 Å². The Hall–Kier alpha value is -2.10. The molecular formula is C10H7F3N2O4S. The summed E-state index contributed by atoms with van der Waals surface area (Å²) in [5.74, 6) is -1.35. The third-order valence-electron chi connectivity index (χ3n) is 2.33. The average molecular weight is 308 g/mol. The third-order valence-corrected chi connectivity index (χ3v) is 3.44. The van der Waals surface area contributed by atoms with Gasteiger partial charge in [0, 0.05) is 5.39 Å². The number of benzene rings is 1. The maximum atomic E-state index is 12.1. The first-order chi connectivity index (χ1) is 9.21. The zero-order valence-corrected chi connectivity index (χ0v) is 10.5. The monoisotopic (exact) mass is 308 g/mol. The Balaban J connectivity index is 2.17. The van der Waals surface area contributed by atoms with E-state index in [1.807, 2.05) is 0 Å². The predicted molar refractivity (Wildman–Crippen MR) is 60.8 cm³/mol. The minimum absolute atomic E-state index is 0.0514. The van der Waals surface area contributed by atoms with Crippen molar-refractivity contribution in [2.45, 2.75) is 11.9 Å². The molecule has 2 rings (SSSR count). The number of nitrogens with zero attached hydrogens (tertiary/aromatic N) is 1. The molecule has 0 aliphatic carbocycles. The maximum absolute atomic E-state index is 12.1. The lowest BCUT2D eigenvalue weighted by atomic mass is 10.2. The molecule has 0 bridgehead atoms. The number of para-hydroxylation sites is 1. The molecule has 0 aliphatic heterocycles. The first-order valence-corrected chi connectivity index (χ1v) is 6.64. The van der Waals surface area contributed by atoms with E-state index in [4.69, 9.17) is 4.52 Å². The number of alkyl halides is 3. The van der Waals surface area contributed by atoms with Crippen LogP contribution in [0.4, 0.5) is 13.2 Å². The van der Waals surface area contributed by atoms with Crippen molar-refractivity contribution in [1.82, 2.24) is 9.88 Å². The van der Waals surface area contributed by atoms with E-state index in [9.17, 15) is 26.4 Å². The first-order valence-electron chi connectivity index (χ1n) is 5.16. The van der Waals surface area contributed by atoms with E-state index in [-0.39, 0.29) is 5.69 Å². The molecule has 1 N–H and O–H groups in total. The largest absolute Gasteiger partial charge is 0.516 e. The molecule has 0 fully saturated rings. The summed E-state index contributed by atoms with van der Waals surface area (Å²) >= 11 is 0. The van der Waals surface area contributed by atoms with Gasteiger partial charge < -0.3 is 4.52 Å². The number of hydrogen-bond acceptors (Lipinski definition) is 5. The predicted octanol–water partition coefficient (Wildman–Crippen LogP) is 1.34. The van der Waals surface area contributed by atoms with Gasteiger partial charge in [-0.2, -0.15) is 21.6 Å². The van der Waals surface area contributed by atoms with Crippen LogP contribution in [0, 0.1) is 0 Å². The van der Waals surface area contributed by atoms with Gasteiger partial charge in [-0.15, -0.1) is 0 Å². The summed E-state index contributed by atoms with van der Waals surface area (Å²) in [6.07, 6.45) is -0.647. The first kappa shape index (κ1) is 14.3. The van der Waals surface area contributed by atoms with Gasteiger partial charge in [-0.25, -0.2) is 4.72 Å². The summed E-state index contributed by atoms with van der Waals surface area (Å²) < 4.78 is 63.5. The van der Waals surface area contributed by atoms with E-state index >= 15 is 0 Å². The summed E-state index contributed by atoms with van der Waals surface area (Å²) in [4.78, 5) is 11.3. The second kappa shape index (κ2) is 4.78. The van der Waals surface area contributed by atoms with Crippen LogP contribution in [0.15, 0.2) is 28.8 Å². The van der Waals surface area contributed by atoms with Crippen LogP contribution in [0.2, 0.25) is 0 Å². The normalized spacial score (nSPS) is 12.6.